The van der Waals surface area contributed by atoms with Crippen LogP contribution >= 0.6 is 11.6 Å². The van der Waals surface area contributed by atoms with Gasteiger partial charge in [-0.3, -0.25) is 4.90 Å². The average Bonchev–Trinajstić information content (AvgIpc) is 2.86. The summed E-state index contributed by atoms with van der Waals surface area (Å²) < 4.78 is 0. The number of benzene rings is 1. The van der Waals surface area contributed by atoms with Crippen LogP contribution in [0.15, 0.2) is 24.3 Å². The van der Waals surface area contributed by atoms with Crippen molar-refractivity contribution in [1.82, 2.24) is 4.90 Å². The Kier molecular flexibility index (Phi) is 3.71. The third kappa shape index (κ3) is 2.80. The molecule has 0 radical (unpaired) electrons. The number of nitriles is 1. The van der Waals surface area contributed by atoms with E-state index < -0.39 is 0 Å². The van der Waals surface area contributed by atoms with E-state index in [1.54, 1.807) is 0 Å². The molecule has 2 rings (SSSR count). The number of halogens is 1. The maximum Gasteiger partial charge on any atom is 0.110 e. The van der Waals surface area contributed by atoms with Gasteiger partial charge in [-0.25, -0.2) is 0 Å². The largest absolute Gasteiger partial charge is 0.285 e. The summed E-state index contributed by atoms with van der Waals surface area (Å²) in [6.07, 6.45) is 3.18. The predicted octanol–water partition coefficient (Wildman–Crippen LogP) is 3.26. The van der Waals surface area contributed by atoms with Crippen molar-refractivity contribution in [3.63, 3.8) is 0 Å². The SMILES string of the molecule is CC(C#N)(Cc1ccc(Cl)cc1)N1CCCC1. The van der Waals surface area contributed by atoms with Crippen molar-refractivity contribution < 1.29 is 0 Å². The first-order valence-electron chi connectivity index (χ1n) is 6.05. The van der Waals surface area contributed by atoms with Crippen LogP contribution in [-0.2, 0) is 6.42 Å². The molecule has 1 aliphatic heterocycles. The molecule has 0 bridgehead atoms. The highest BCUT2D eigenvalue weighted by atomic mass is 35.5. The minimum atomic E-state index is -0.385. The number of likely N-dealkylation sites (tertiary alicyclic amines) is 1. The van der Waals surface area contributed by atoms with E-state index >= 15 is 0 Å². The zero-order chi connectivity index (χ0) is 12.3. The van der Waals surface area contributed by atoms with Crippen LogP contribution in [-0.4, -0.2) is 23.5 Å². The second-order valence-corrected chi connectivity index (χ2v) is 5.32. The van der Waals surface area contributed by atoms with Gasteiger partial charge in [-0.15, -0.1) is 0 Å². The molecule has 1 atom stereocenters. The quantitative estimate of drug-likeness (QED) is 0.821. The molecule has 90 valence electrons. The van der Waals surface area contributed by atoms with Crippen LogP contribution in [0.1, 0.15) is 25.3 Å². The summed E-state index contributed by atoms with van der Waals surface area (Å²) >= 11 is 5.87. The molecule has 1 aromatic rings. The van der Waals surface area contributed by atoms with Crippen LogP contribution in [0.5, 0.6) is 0 Å². The molecule has 1 aromatic carbocycles. The van der Waals surface area contributed by atoms with Crippen LogP contribution in [0.4, 0.5) is 0 Å². The van der Waals surface area contributed by atoms with Crippen LogP contribution in [0.25, 0.3) is 0 Å². The first kappa shape index (κ1) is 12.4. The Balaban J connectivity index is 2.14. The normalized spacial score (nSPS) is 19.8. The fourth-order valence-corrected chi connectivity index (χ4v) is 2.56. The standard InChI is InChI=1S/C14H17ClN2/c1-14(11-16,17-8-2-3-9-17)10-12-4-6-13(15)7-5-12/h4-7H,2-3,8-10H2,1H3. The third-order valence-electron chi connectivity index (χ3n) is 3.51. The lowest BCUT2D eigenvalue weighted by atomic mass is 9.92. The zero-order valence-corrected chi connectivity index (χ0v) is 10.9. The Labute approximate surface area is 108 Å². The summed E-state index contributed by atoms with van der Waals surface area (Å²) in [7, 11) is 0. The van der Waals surface area contributed by atoms with Gasteiger partial charge in [-0.05, 0) is 50.6 Å². The molecule has 0 spiro atoms. The first-order chi connectivity index (χ1) is 8.14. The first-order valence-corrected chi connectivity index (χ1v) is 6.43. The Bertz CT molecular complexity index is 415. The van der Waals surface area contributed by atoms with Gasteiger partial charge in [-0.2, -0.15) is 5.26 Å². The number of rotatable bonds is 3. The monoisotopic (exact) mass is 248 g/mol. The van der Waals surface area contributed by atoms with Crippen molar-refractivity contribution in [2.24, 2.45) is 0 Å². The molecule has 0 N–H and O–H groups in total. The highest BCUT2D eigenvalue weighted by Crippen LogP contribution is 2.25. The van der Waals surface area contributed by atoms with E-state index in [1.807, 2.05) is 31.2 Å². The number of hydrogen-bond acceptors (Lipinski definition) is 2. The van der Waals surface area contributed by atoms with Gasteiger partial charge in [0.2, 0.25) is 0 Å². The summed E-state index contributed by atoms with van der Waals surface area (Å²) in [4.78, 5) is 2.29. The summed E-state index contributed by atoms with van der Waals surface area (Å²) in [5.41, 5.74) is 0.787. The van der Waals surface area contributed by atoms with Crippen LogP contribution in [0.3, 0.4) is 0 Å². The lowest BCUT2D eigenvalue weighted by molar-refractivity contribution is 0.191. The van der Waals surface area contributed by atoms with Gasteiger partial charge < -0.3 is 0 Å². The van der Waals surface area contributed by atoms with Crippen molar-refractivity contribution >= 4 is 11.6 Å². The van der Waals surface area contributed by atoms with Gasteiger partial charge in [0.1, 0.15) is 5.54 Å². The van der Waals surface area contributed by atoms with Gasteiger partial charge in [0.25, 0.3) is 0 Å². The second-order valence-electron chi connectivity index (χ2n) is 4.88. The molecule has 1 saturated heterocycles. The van der Waals surface area contributed by atoms with Gasteiger partial charge in [-0.1, -0.05) is 23.7 Å². The Morgan fingerprint density at radius 1 is 1.29 bits per heavy atom. The van der Waals surface area contributed by atoms with Gasteiger partial charge in [0.05, 0.1) is 6.07 Å². The molecule has 1 fully saturated rings. The Morgan fingerprint density at radius 3 is 2.41 bits per heavy atom. The van der Waals surface area contributed by atoms with E-state index in [1.165, 1.54) is 18.4 Å². The van der Waals surface area contributed by atoms with E-state index in [-0.39, 0.29) is 5.54 Å². The fourth-order valence-electron chi connectivity index (χ4n) is 2.43. The molecule has 1 heterocycles. The molecular formula is C14H17ClN2. The lowest BCUT2D eigenvalue weighted by Crippen LogP contribution is -2.45. The summed E-state index contributed by atoms with van der Waals surface area (Å²) in [6, 6.07) is 10.3. The van der Waals surface area contributed by atoms with E-state index in [0.717, 1.165) is 24.5 Å². The minimum absolute atomic E-state index is 0.385. The molecule has 0 amide bonds. The molecular weight excluding hydrogens is 232 g/mol. The predicted molar refractivity (Wildman–Crippen MR) is 70.0 cm³/mol. The van der Waals surface area contributed by atoms with Crippen molar-refractivity contribution in [2.75, 3.05) is 13.1 Å². The molecule has 0 aliphatic carbocycles. The summed E-state index contributed by atoms with van der Waals surface area (Å²) in [5.74, 6) is 0. The minimum Gasteiger partial charge on any atom is -0.285 e. The van der Waals surface area contributed by atoms with Crippen LogP contribution in [0.2, 0.25) is 5.02 Å². The van der Waals surface area contributed by atoms with Crippen molar-refractivity contribution in [3.8, 4) is 6.07 Å². The summed E-state index contributed by atoms with van der Waals surface area (Å²) in [5, 5.41) is 10.2. The van der Waals surface area contributed by atoms with Crippen molar-refractivity contribution in [2.45, 2.75) is 31.7 Å². The molecule has 17 heavy (non-hydrogen) atoms. The maximum absolute atomic E-state index is 9.44. The maximum atomic E-state index is 9.44. The number of nitrogens with zero attached hydrogens (tertiary/aromatic N) is 2. The third-order valence-corrected chi connectivity index (χ3v) is 3.76. The van der Waals surface area contributed by atoms with Gasteiger partial charge >= 0.3 is 0 Å². The highest BCUT2D eigenvalue weighted by Gasteiger charge is 2.33. The van der Waals surface area contributed by atoms with Gasteiger partial charge in [0.15, 0.2) is 0 Å². The molecule has 0 saturated carbocycles. The molecule has 1 unspecified atom stereocenters. The zero-order valence-electron chi connectivity index (χ0n) is 10.1. The van der Waals surface area contributed by atoms with E-state index in [9.17, 15) is 5.26 Å². The Morgan fingerprint density at radius 2 is 1.88 bits per heavy atom. The summed E-state index contributed by atoms with van der Waals surface area (Å²) in [6.45, 7) is 4.11. The van der Waals surface area contributed by atoms with Crippen LogP contribution < -0.4 is 0 Å². The Hall–Kier alpha value is -1.04. The molecule has 3 heteroatoms. The molecule has 1 aliphatic rings. The highest BCUT2D eigenvalue weighted by molar-refractivity contribution is 6.30. The van der Waals surface area contributed by atoms with Crippen molar-refractivity contribution in [3.05, 3.63) is 34.9 Å². The fraction of sp³-hybridized carbons (Fsp3) is 0.500. The lowest BCUT2D eigenvalue weighted by Gasteiger charge is -2.32. The van der Waals surface area contributed by atoms with E-state index in [4.69, 9.17) is 11.6 Å². The van der Waals surface area contributed by atoms with Crippen LogP contribution in [0, 0.1) is 11.3 Å². The van der Waals surface area contributed by atoms with E-state index in [0.29, 0.717) is 0 Å². The number of hydrogen-bond donors (Lipinski definition) is 0. The van der Waals surface area contributed by atoms with E-state index in [2.05, 4.69) is 11.0 Å². The molecule has 0 aromatic heterocycles. The smallest absolute Gasteiger partial charge is 0.110 e. The second kappa shape index (κ2) is 5.08. The molecule has 2 nitrogen and oxygen atoms in total. The average molecular weight is 249 g/mol. The topological polar surface area (TPSA) is 27.0 Å². The van der Waals surface area contributed by atoms with Crippen molar-refractivity contribution in [1.29, 1.82) is 5.26 Å². The van der Waals surface area contributed by atoms with Gasteiger partial charge in [0, 0.05) is 11.4 Å².